The lowest BCUT2D eigenvalue weighted by molar-refractivity contribution is 0.0585. The number of carbonyl (C=O) groups excluding carboxylic acids is 1. The second-order valence-corrected chi connectivity index (χ2v) is 6.64. The zero-order chi connectivity index (χ0) is 15.3. The van der Waals surface area contributed by atoms with Crippen LogP contribution in [0, 0.1) is 11.3 Å². The van der Waals surface area contributed by atoms with Gasteiger partial charge >= 0.3 is 0 Å². The molecule has 0 bridgehead atoms. The SMILES string of the molecule is CC(C)CCn1cc(C(=O)NCC(O)C(C)(C)C)nn1. The fraction of sp³-hybridized carbons (Fsp3) is 0.786. The van der Waals surface area contributed by atoms with Crippen LogP contribution >= 0.6 is 0 Å². The predicted octanol–water partition coefficient (Wildman–Crippen LogP) is 1.46. The maximum absolute atomic E-state index is 11.9. The molecule has 114 valence electrons. The number of aryl methyl sites for hydroxylation is 1. The molecule has 2 N–H and O–H groups in total. The minimum Gasteiger partial charge on any atom is -0.391 e. The molecule has 0 fully saturated rings. The van der Waals surface area contributed by atoms with E-state index in [1.165, 1.54) is 0 Å². The summed E-state index contributed by atoms with van der Waals surface area (Å²) in [4.78, 5) is 11.9. The van der Waals surface area contributed by atoms with Crippen LogP contribution in [0.5, 0.6) is 0 Å². The van der Waals surface area contributed by atoms with Crippen molar-refractivity contribution in [3.8, 4) is 0 Å². The highest BCUT2D eigenvalue weighted by molar-refractivity contribution is 5.91. The third-order valence-electron chi connectivity index (χ3n) is 3.16. The minimum absolute atomic E-state index is 0.210. The second-order valence-electron chi connectivity index (χ2n) is 6.64. The molecule has 1 amide bonds. The smallest absolute Gasteiger partial charge is 0.273 e. The fourth-order valence-corrected chi connectivity index (χ4v) is 1.49. The minimum atomic E-state index is -0.595. The van der Waals surface area contributed by atoms with Crippen molar-refractivity contribution in [2.24, 2.45) is 11.3 Å². The molecule has 1 aromatic rings. The Morgan fingerprint density at radius 2 is 2.10 bits per heavy atom. The topological polar surface area (TPSA) is 80.0 Å². The lowest BCUT2D eigenvalue weighted by Crippen LogP contribution is -2.39. The Kier molecular flexibility index (Phi) is 5.68. The van der Waals surface area contributed by atoms with E-state index in [1.54, 1.807) is 10.9 Å². The molecule has 0 saturated carbocycles. The maximum atomic E-state index is 11.9. The van der Waals surface area contributed by atoms with Crippen molar-refractivity contribution in [2.45, 2.75) is 53.7 Å². The molecule has 0 aliphatic heterocycles. The van der Waals surface area contributed by atoms with Crippen LogP contribution in [0.4, 0.5) is 0 Å². The summed E-state index contributed by atoms with van der Waals surface area (Å²) >= 11 is 0. The molecule has 0 radical (unpaired) electrons. The van der Waals surface area contributed by atoms with Gasteiger partial charge in [0.15, 0.2) is 5.69 Å². The molecular weight excluding hydrogens is 256 g/mol. The lowest BCUT2D eigenvalue weighted by Gasteiger charge is -2.25. The van der Waals surface area contributed by atoms with Crippen molar-refractivity contribution in [1.29, 1.82) is 0 Å². The number of aromatic nitrogens is 3. The summed E-state index contributed by atoms with van der Waals surface area (Å²) in [6.45, 7) is 11.0. The van der Waals surface area contributed by atoms with Gasteiger partial charge in [-0.3, -0.25) is 9.48 Å². The zero-order valence-electron chi connectivity index (χ0n) is 13.1. The van der Waals surface area contributed by atoms with Crippen LogP contribution < -0.4 is 5.32 Å². The standard InChI is InChI=1S/C14H26N4O2/c1-10(2)6-7-18-9-11(16-17-18)13(20)15-8-12(19)14(3,4)5/h9-10,12,19H,6-8H2,1-5H3,(H,15,20). The third-order valence-corrected chi connectivity index (χ3v) is 3.16. The Labute approximate surface area is 120 Å². The number of amides is 1. The molecule has 1 aromatic heterocycles. The van der Waals surface area contributed by atoms with Crippen LogP contribution in [0.15, 0.2) is 6.20 Å². The molecule has 6 nitrogen and oxygen atoms in total. The van der Waals surface area contributed by atoms with E-state index in [-0.39, 0.29) is 23.6 Å². The molecule has 6 heteroatoms. The Balaban J connectivity index is 2.48. The van der Waals surface area contributed by atoms with Gasteiger partial charge in [0.25, 0.3) is 5.91 Å². The fourth-order valence-electron chi connectivity index (χ4n) is 1.49. The molecule has 1 unspecified atom stereocenters. The molecule has 0 aromatic carbocycles. The first-order chi connectivity index (χ1) is 9.20. The molecule has 20 heavy (non-hydrogen) atoms. The van der Waals surface area contributed by atoms with Gasteiger partial charge in [0.1, 0.15) is 0 Å². The number of rotatable bonds is 6. The van der Waals surface area contributed by atoms with Gasteiger partial charge in [0.05, 0.1) is 12.3 Å². The maximum Gasteiger partial charge on any atom is 0.273 e. The van der Waals surface area contributed by atoms with Crippen molar-refractivity contribution >= 4 is 5.91 Å². The normalized spacial score (nSPS) is 13.6. The number of aliphatic hydroxyl groups is 1. The number of carbonyl (C=O) groups is 1. The van der Waals surface area contributed by atoms with Crippen LogP contribution in [0.2, 0.25) is 0 Å². The Morgan fingerprint density at radius 3 is 2.65 bits per heavy atom. The van der Waals surface area contributed by atoms with E-state index in [0.29, 0.717) is 5.92 Å². The van der Waals surface area contributed by atoms with Crippen molar-refractivity contribution in [3.63, 3.8) is 0 Å². The summed E-state index contributed by atoms with van der Waals surface area (Å²) in [7, 11) is 0. The van der Waals surface area contributed by atoms with Gasteiger partial charge in [0, 0.05) is 13.1 Å². The van der Waals surface area contributed by atoms with Gasteiger partial charge in [-0.1, -0.05) is 39.8 Å². The van der Waals surface area contributed by atoms with E-state index in [4.69, 9.17) is 0 Å². The second kappa shape index (κ2) is 6.83. The largest absolute Gasteiger partial charge is 0.391 e. The van der Waals surface area contributed by atoms with Crippen LogP contribution in [-0.2, 0) is 6.54 Å². The van der Waals surface area contributed by atoms with E-state index in [0.717, 1.165) is 13.0 Å². The summed E-state index contributed by atoms with van der Waals surface area (Å²) < 4.78 is 1.68. The number of hydrogen-bond donors (Lipinski definition) is 2. The summed E-state index contributed by atoms with van der Waals surface area (Å²) in [5, 5.41) is 20.3. The van der Waals surface area contributed by atoms with Gasteiger partial charge in [-0.15, -0.1) is 5.10 Å². The molecular formula is C14H26N4O2. The number of aliphatic hydroxyl groups excluding tert-OH is 1. The van der Waals surface area contributed by atoms with Crippen molar-refractivity contribution in [3.05, 3.63) is 11.9 Å². The third kappa shape index (κ3) is 5.28. The summed E-state index contributed by atoms with van der Waals surface area (Å²) in [6, 6.07) is 0. The van der Waals surface area contributed by atoms with Gasteiger partial charge < -0.3 is 10.4 Å². The highest BCUT2D eigenvalue weighted by Crippen LogP contribution is 2.18. The first-order valence-electron chi connectivity index (χ1n) is 7.06. The Bertz CT molecular complexity index is 435. The zero-order valence-corrected chi connectivity index (χ0v) is 13.1. The molecule has 0 saturated heterocycles. The Hall–Kier alpha value is -1.43. The summed E-state index contributed by atoms with van der Waals surface area (Å²) in [6.07, 6.45) is 2.04. The highest BCUT2D eigenvalue weighted by atomic mass is 16.3. The van der Waals surface area contributed by atoms with Gasteiger partial charge in [0.2, 0.25) is 0 Å². The lowest BCUT2D eigenvalue weighted by atomic mass is 9.89. The molecule has 0 aliphatic carbocycles. The van der Waals surface area contributed by atoms with Gasteiger partial charge in [-0.2, -0.15) is 0 Å². The van der Waals surface area contributed by atoms with Gasteiger partial charge in [-0.25, -0.2) is 0 Å². The van der Waals surface area contributed by atoms with Crippen LogP contribution in [0.3, 0.4) is 0 Å². The molecule has 0 aliphatic rings. The number of nitrogens with one attached hydrogen (secondary N) is 1. The molecule has 1 rings (SSSR count). The van der Waals surface area contributed by atoms with Crippen LogP contribution in [0.25, 0.3) is 0 Å². The van der Waals surface area contributed by atoms with E-state index >= 15 is 0 Å². The predicted molar refractivity (Wildman–Crippen MR) is 77.3 cm³/mol. The van der Waals surface area contributed by atoms with E-state index < -0.39 is 6.10 Å². The van der Waals surface area contributed by atoms with E-state index in [1.807, 2.05) is 20.8 Å². The number of nitrogens with zero attached hydrogens (tertiary/aromatic N) is 3. The van der Waals surface area contributed by atoms with E-state index in [9.17, 15) is 9.90 Å². The first kappa shape index (κ1) is 16.6. The van der Waals surface area contributed by atoms with Gasteiger partial charge in [-0.05, 0) is 17.8 Å². The Morgan fingerprint density at radius 1 is 1.45 bits per heavy atom. The summed E-state index contributed by atoms with van der Waals surface area (Å²) in [5.41, 5.74) is 0.0252. The monoisotopic (exact) mass is 282 g/mol. The van der Waals surface area contributed by atoms with Crippen molar-refractivity contribution in [2.75, 3.05) is 6.54 Å². The van der Waals surface area contributed by atoms with E-state index in [2.05, 4.69) is 29.5 Å². The molecule has 1 heterocycles. The quantitative estimate of drug-likeness (QED) is 0.828. The average Bonchev–Trinajstić information content (AvgIpc) is 2.80. The number of hydrogen-bond acceptors (Lipinski definition) is 4. The molecule has 1 atom stereocenters. The average molecular weight is 282 g/mol. The van der Waals surface area contributed by atoms with Crippen LogP contribution in [0.1, 0.15) is 51.5 Å². The highest BCUT2D eigenvalue weighted by Gasteiger charge is 2.23. The first-order valence-corrected chi connectivity index (χ1v) is 7.06. The van der Waals surface area contributed by atoms with Crippen molar-refractivity contribution in [1.82, 2.24) is 20.3 Å². The summed E-state index contributed by atoms with van der Waals surface area (Å²) in [5.74, 6) is 0.280. The van der Waals surface area contributed by atoms with Crippen LogP contribution in [-0.4, -0.2) is 38.7 Å². The molecule has 0 spiro atoms. The van der Waals surface area contributed by atoms with Crippen molar-refractivity contribution < 1.29 is 9.90 Å².